The third-order valence-electron chi connectivity index (χ3n) is 3.81. The summed E-state index contributed by atoms with van der Waals surface area (Å²) in [7, 11) is 0. The van der Waals surface area contributed by atoms with Crippen molar-refractivity contribution in [3.05, 3.63) is 65.2 Å². The van der Waals surface area contributed by atoms with Crippen LogP contribution < -0.4 is 4.74 Å². The molecule has 0 heterocycles. The lowest BCUT2D eigenvalue weighted by Crippen LogP contribution is -2.23. The van der Waals surface area contributed by atoms with Gasteiger partial charge in [0.2, 0.25) is 0 Å². The maximum absolute atomic E-state index is 8.80. The highest BCUT2D eigenvalue weighted by atomic mass is 16.5. The summed E-state index contributed by atoms with van der Waals surface area (Å²) in [4.78, 5) is 0. The van der Waals surface area contributed by atoms with E-state index < -0.39 is 0 Å². The SMILES string of the molecule is CC(=NO)c1cccc(OCC2Cc3ccccc32)c1. The first kappa shape index (κ1) is 12.7. The summed E-state index contributed by atoms with van der Waals surface area (Å²) in [5.74, 6) is 1.30. The Morgan fingerprint density at radius 1 is 1.25 bits per heavy atom. The van der Waals surface area contributed by atoms with Crippen LogP contribution >= 0.6 is 0 Å². The number of rotatable bonds is 4. The molecule has 0 aliphatic heterocycles. The smallest absolute Gasteiger partial charge is 0.119 e. The van der Waals surface area contributed by atoms with E-state index in [2.05, 4.69) is 29.4 Å². The van der Waals surface area contributed by atoms with Gasteiger partial charge in [-0.25, -0.2) is 0 Å². The number of fused-ring (bicyclic) bond motifs is 1. The van der Waals surface area contributed by atoms with E-state index in [0.717, 1.165) is 17.7 Å². The highest BCUT2D eigenvalue weighted by molar-refractivity contribution is 5.98. The van der Waals surface area contributed by atoms with Crippen LogP contribution in [0.25, 0.3) is 0 Å². The molecule has 0 aromatic heterocycles. The molecule has 102 valence electrons. The van der Waals surface area contributed by atoms with Gasteiger partial charge in [-0.2, -0.15) is 0 Å². The van der Waals surface area contributed by atoms with Crippen molar-refractivity contribution in [2.75, 3.05) is 6.61 Å². The van der Waals surface area contributed by atoms with Crippen LogP contribution in [0.3, 0.4) is 0 Å². The van der Waals surface area contributed by atoms with Crippen molar-refractivity contribution in [3.8, 4) is 5.75 Å². The molecule has 2 aromatic carbocycles. The molecule has 0 saturated carbocycles. The topological polar surface area (TPSA) is 41.8 Å². The first-order chi connectivity index (χ1) is 9.78. The van der Waals surface area contributed by atoms with Gasteiger partial charge in [-0.05, 0) is 36.6 Å². The Balaban J connectivity index is 1.66. The van der Waals surface area contributed by atoms with E-state index in [1.54, 1.807) is 6.92 Å². The Kier molecular flexibility index (Phi) is 3.42. The number of hydrogen-bond donors (Lipinski definition) is 1. The fourth-order valence-electron chi connectivity index (χ4n) is 2.58. The Bertz CT molecular complexity index is 649. The van der Waals surface area contributed by atoms with Gasteiger partial charge in [-0.1, -0.05) is 41.6 Å². The molecule has 0 spiro atoms. The van der Waals surface area contributed by atoms with Gasteiger partial charge in [-0.3, -0.25) is 0 Å². The van der Waals surface area contributed by atoms with Gasteiger partial charge in [0.05, 0.1) is 12.3 Å². The summed E-state index contributed by atoms with van der Waals surface area (Å²) in [6.07, 6.45) is 1.09. The van der Waals surface area contributed by atoms with Crippen LogP contribution in [0.2, 0.25) is 0 Å². The Labute approximate surface area is 118 Å². The first-order valence-electron chi connectivity index (χ1n) is 6.77. The van der Waals surface area contributed by atoms with Gasteiger partial charge in [-0.15, -0.1) is 0 Å². The minimum Gasteiger partial charge on any atom is -0.493 e. The summed E-state index contributed by atoms with van der Waals surface area (Å²) >= 11 is 0. The fourth-order valence-corrected chi connectivity index (χ4v) is 2.58. The third-order valence-corrected chi connectivity index (χ3v) is 3.81. The van der Waals surface area contributed by atoms with Gasteiger partial charge < -0.3 is 9.94 Å². The molecular weight excluding hydrogens is 250 g/mol. The molecular formula is C17H17NO2. The zero-order chi connectivity index (χ0) is 13.9. The molecule has 1 aliphatic rings. The van der Waals surface area contributed by atoms with Crippen molar-refractivity contribution in [2.45, 2.75) is 19.3 Å². The molecule has 1 atom stereocenters. The van der Waals surface area contributed by atoms with E-state index in [0.29, 0.717) is 18.2 Å². The summed E-state index contributed by atoms with van der Waals surface area (Å²) < 4.78 is 5.87. The summed E-state index contributed by atoms with van der Waals surface area (Å²) in [6, 6.07) is 16.1. The Morgan fingerprint density at radius 3 is 2.90 bits per heavy atom. The minimum absolute atomic E-state index is 0.488. The van der Waals surface area contributed by atoms with Crippen molar-refractivity contribution in [1.82, 2.24) is 0 Å². The van der Waals surface area contributed by atoms with E-state index in [1.807, 2.05) is 24.3 Å². The molecule has 1 aliphatic carbocycles. The quantitative estimate of drug-likeness (QED) is 0.522. The largest absolute Gasteiger partial charge is 0.493 e. The highest BCUT2D eigenvalue weighted by Crippen LogP contribution is 2.35. The number of hydrogen-bond acceptors (Lipinski definition) is 3. The lowest BCUT2D eigenvalue weighted by molar-refractivity contribution is 0.275. The van der Waals surface area contributed by atoms with Crippen LogP contribution in [0, 0.1) is 0 Å². The molecule has 1 N–H and O–H groups in total. The number of nitrogens with zero attached hydrogens (tertiary/aromatic N) is 1. The fraction of sp³-hybridized carbons (Fsp3) is 0.235. The van der Waals surface area contributed by atoms with Crippen LogP contribution in [0.1, 0.15) is 29.5 Å². The maximum atomic E-state index is 8.80. The zero-order valence-electron chi connectivity index (χ0n) is 11.4. The average molecular weight is 267 g/mol. The van der Waals surface area contributed by atoms with Crippen LogP contribution in [0.5, 0.6) is 5.75 Å². The second-order valence-corrected chi connectivity index (χ2v) is 5.12. The van der Waals surface area contributed by atoms with E-state index in [-0.39, 0.29) is 0 Å². The predicted molar refractivity (Wildman–Crippen MR) is 78.8 cm³/mol. The predicted octanol–water partition coefficient (Wildman–Crippen LogP) is 3.60. The molecule has 3 nitrogen and oxygen atoms in total. The first-order valence-corrected chi connectivity index (χ1v) is 6.77. The van der Waals surface area contributed by atoms with Crippen LogP contribution in [-0.4, -0.2) is 17.5 Å². The summed E-state index contributed by atoms with van der Waals surface area (Å²) in [6.45, 7) is 2.46. The summed E-state index contributed by atoms with van der Waals surface area (Å²) in [5, 5.41) is 12.0. The third kappa shape index (κ3) is 2.39. The molecule has 0 radical (unpaired) electrons. The Hall–Kier alpha value is -2.29. The molecule has 3 rings (SSSR count). The molecule has 1 unspecified atom stereocenters. The molecule has 3 heteroatoms. The van der Waals surface area contributed by atoms with Crippen LogP contribution in [-0.2, 0) is 6.42 Å². The van der Waals surface area contributed by atoms with E-state index in [9.17, 15) is 0 Å². The van der Waals surface area contributed by atoms with Crippen molar-refractivity contribution in [2.24, 2.45) is 5.16 Å². The Morgan fingerprint density at radius 2 is 2.10 bits per heavy atom. The minimum atomic E-state index is 0.488. The second kappa shape index (κ2) is 5.37. The average Bonchev–Trinajstić information content (AvgIpc) is 2.47. The zero-order valence-corrected chi connectivity index (χ0v) is 11.4. The van der Waals surface area contributed by atoms with Crippen molar-refractivity contribution >= 4 is 5.71 Å². The number of benzene rings is 2. The highest BCUT2D eigenvalue weighted by Gasteiger charge is 2.25. The van der Waals surface area contributed by atoms with Gasteiger partial charge in [0, 0.05) is 11.5 Å². The van der Waals surface area contributed by atoms with Gasteiger partial charge in [0.1, 0.15) is 5.75 Å². The van der Waals surface area contributed by atoms with Crippen LogP contribution in [0.15, 0.2) is 53.7 Å². The number of oxime groups is 1. The molecule has 0 amide bonds. The molecule has 0 bridgehead atoms. The van der Waals surface area contributed by atoms with Gasteiger partial charge in [0.15, 0.2) is 0 Å². The summed E-state index contributed by atoms with van der Waals surface area (Å²) in [5.41, 5.74) is 4.29. The van der Waals surface area contributed by atoms with Gasteiger partial charge >= 0.3 is 0 Å². The van der Waals surface area contributed by atoms with Crippen molar-refractivity contribution < 1.29 is 9.94 Å². The monoisotopic (exact) mass is 267 g/mol. The molecule has 20 heavy (non-hydrogen) atoms. The maximum Gasteiger partial charge on any atom is 0.119 e. The molecule has 0 saturated heterocycles. The van der Waals surface area contributed by atoms with E-state index in [4.69, 9.17) is 9.94 Å². The standard InChI is InChI=1S/C17H17NO2/c1-12(18-19)13-6-4-7-16(10-13)20-11-15-9-14-5-2-3-8-17(14)15/h2-8,10,15,19H,9,11H2,1H3. The van der Waals surface area contributed by atoms with Crippen molar-refractivity contribution in [1.29, 1.82) is 0 Å². The molecule has 2 aromatic rings. The van der Waals surface area contributed by atoms with Gasteiger partial charge in [0.25, 0.3) is 0 Å². The van der Waals surface area contributed by atoms with Crippen LogP contribution in [0.4, 0.5) is 0 Å². The normalized spacial score (nSPS) is 17.2. The number of ether oxygens (including phenoxy) is 1. The second-order valence-electron chi connectivity index (χ2n) is 5.12. The lowest BCUT2D eigenvalue weighted by atomic mass is 9.78. The molecule has 0 fully saturated rings. The van der Waals surface area contributed by atoms with Crippen molar-refractivity contribution in [3.63, 3.8) is 0 Å². The van der Waals surface area contributed by atoms with E-state index >= 15 is 0 Å². The van der Waals surface area contributed by atoms with E-state index in [1.165, 1.54) is 11.1 Å². The lowest BCUT2D eigenvalue weighted by Gasteiger charge is -2.29.